The van der Waals surface area contributed by atoms with Gasteiger partial charge in [0, 0.05) is 6.54 Å². The number of halogens is 1. The molecule has 1 heterocycles. The second-order valence-corrected chi connectivity index (χ2v) is 7.36. The lowest BCUT2D eigenvalue weighted by Crippen LogP contribution is -2.44. The van der Waals surface area contributed by atoms with Crippen molar-refractivity contribution in [2.24, 2.45) is 0 Å². The Kier molecular flexibility index (Phi) is 5.10. The topological polar surface area (TPSA) is 93.7 Å². The molecule has 1 atom stereocenters. The van der Waals surface area contributed by atoms with Crippen molar-refractivity contribution < 1.29 is 27.1 Å². The van der Waals surface area contributed by atoms with Gasteiger partial charge < -0.3 is 14.8 Å². The number of benzene rings is 2. The van der Waals surface area contributed by atoms with Gasteiger partial charge in [-0.15, -0.1) is 0 Å². The molecule has 0 saturated heterocycles. The highest BCUT2D eigenvalue weighted by Gasteiger charge is 2.24. The number of hydrogen-bond acceptors (Lipinski definition) is 5. The molecule has 1 aliphatic rings. The van der Waals surface area contributed by atoms with Gasteiger partial charge in [0.25, 0.3) is 0 Å². The minimum Gasteiger partial charge on any atom is -0.454 e. The third-order valence-corrected chi connectivity index (χ3v) is 5.33. The maximum Gasteiger partial charge on any atom is 0.244 e. The summed E-state index contributed by atoms with van der Waals surface area (Å²) in [7, 11) is -4.15. The van der Waals surface area contributed by atoms with Gasteiger partial charge in [-0.1, -0.05) is 18.2 Å². The van der Waals surface area contributed by atoms with Gasteiger partial charge in [0.05, 0.1) is 6.04 Å². The molecule has 0 aliphatic carbocycles. The maximum absolute atomic E-state index is 13.7. The molecular weight excluding hydrogens is 363 g/mol. The second-order valence-electron chi connectivity index (χ2n) is 5.68. The van der Waals surface area contributed by atoms with Crippen molar-refractivity contribution in [2.75, 3.05) is 6.79 Å². The van der Waals surface area contributed by atoms with Crippen LogP contribution in [0.2, 0.25) is 0 Å². The molecule has 2 aromatic carbocycles. The van der Waals surface area contributed by atoms with E-state index in [9.17, 15) is 17.6 Å². The summed E-state index contributed by atoms with van der Waals surface area (Å²) in [6, 6.07) is 9.12. The van der Waals surface area contributed by atoms with E-state index in [0.29, 0.717) is 11.5 Å². The zero-order valence-electron chi connectivity index (χ0n) is 13.9. The van der Waals surface area contributed by atoms with Crippen LogP contribution in [0, 0.1) is 5.82 Å². The Morgan fingerprint density at radius 2 is 1.92 bits per heavy atom. The number of hydrogen-bond donors (Lipinski definition) is 2. The number of ether oxygens (including phenoxy) is 2. The van der Waals surface area contributed by atoms with E-state index >= 15 is 0 Å². The van der Waals surface area contributed by atoms with Gasteiger partial charge >= 0.3 is 0 Å². The first kappa shape index (κ1) is 18.2. The Hall–Kier alpha value is -2.65. The van der Waals surface area contributed by atoms with Crippen molar-refractivity contribution in [3.05, 3.63) is 53.8 Å². The summed E-state index contributed by atoms with van der Waals surface area (Å²) in [5, 5.41) is 2.62. The third-order valence-electron chi connectivity index (χ3n) is 3.76. The molecule has 2 aromatic rings. The van der Waals surface area contributed by atoms with Gasteiger partial charge in [-0.2, -0.15) is 4.72 Å². The molecule has 0 spiro atoms. The van der Waals surface area contributed by atoms with Crippen LogP contribution in [0.4, 0.5) is 4.39 Å². The largest absolute Gasteiger partial charge is 0.454 e. The maximum atomic E-state index is 13.7. The first-order valence-corrected chi connectivity index (χ1v) is 9.28. The Labute approximate surface area is 150 Å². The molecule has 0 bridgehead atoms. The zero-order chi connectivity index (χ0) is 18.7. The Morgan fingerprint density at radius 3 is 2.69 bits per heavy atom. The Morgan fingerprint density at radius 1 is 1.19 bits per heavy atom. The molecule has 9 heteroatoms. The SMILES string of the molecule is C[C@H](NS(=O)(=O)c1ccccc1F)C(=O)NCc1ccc2c(c1)OCO2. The molecular formula is C17H17FN2O5S. The molecule has 0 unspecified atom stereocenters. The van der Waals surface area contributed by atoms with Crippen molar-refractivity contribution in [1.29, 1.82) is 0 Å². The van der Waals surface area contributed by atoms with E-state index < -0.39 is 32.7 Å². The van der Waals surface area contributed by atoms with Crippen molar-refractivity contribution in [3.8, 4) is 11.5 Å². The van der Waals surface area contributed by atoms with E-state index in [1.807, 2.05) is 0 Å². The lowest BCUT2D eigenvalue weighted by molar-refractivity contribution is -0.122. The van der Waals surface area contributed by atoms with Crippen LogP contribution in [0.15, 0.2) is 47.4 Å². The molecule has 0 radical (unpaired) electrons. The third kappa shape index (κ3) is 3.94. The van der Waals surface area contributed by atoms with Gasteiger partial charge in [0.15, 0.2) is 11.5 Å². The van der Waals surface area contributed by atoms with E-state index in [2.05, 4.69) is 10.0 Å². The van der Waals surface area contributed by atoms with Crippen LogP contribution in [0.3, 0.4) is 0 Å². The van der Waals surface area contributed by atoms with Gasteiger partial charge in [-0.3, -0.25) is 4.79 Å². The minimum atomic E-state index is -4.15. The van der Waals surface area contributed by atoms with E-state index in [0.717, 1.165) is 17.7 Å². The highest BCUT2D eigenvalue weighted by molar-refractivity contribution is 7.89. The molecule has 7 nitrogen and oxygen atoms in total. The van der Waals surface area contributed by atoms with Gasteiger partial charge in [0.1, 0.15) is 10.7 Å². The molecule has 0 fully saturated rings. The van der Waals surface area contributed by atoms with Crippen LogP contribution in [0.25, 0.3) is 0 Å². The highest BCUT2D eigenvalue weighted by atomic mass is 32.2. The minimum absolute atomic E-state index is 0.153. The molecule has 0 aromatic heterocycles. The van der Waals surface area contributed by atoms with Crippen LogP contribution in [-0.4, -0.2) is 27.2 Å². The number of sulfonamides is 1. The normalized spacial score (nSPS) is 14.1. The average Bonchev–Trinajstić information content (AvgIpc) is 3.07. The number of fused-ring (bicyclic) bond motifs is 1. The molecule has 2 N–H and O–H groups in total. The van der Waals surface area contributed by atoms with Gasteiger partial charge in [0.2, 0.25) is 22.7 Å². The van der Waals surface area contributed by atoms with Crippen LogP contribution in [-0.2, 0) is 21.4 Å². The average molecular weight is 380 g/mol. The monoisotopic (exact) mass is 380 g/mol. The van der Waals surface area contributed by atoms with E-state index in [4.69, 9.17) is 9.47 Å². The molecule has 0 saturated carbocycles. The van der Waals surface area contributed by atoms with Crippen LogP contribution in [0.1, 0.15) is 12.5 Å². The number of rotatable bonds is 6. The summed E-state index contributed by atoms with van der Waals surface area (Å²) in [5.74, 6) is -0.202. The molecule has 1 amide bonds. The van der Waals surface area contributed by atoms with E-state index in [1.54, 1.807) is 18.2 Å². The first-order chi connectivity index (χ1) is 12.4. The lowest BCUT2D eigenvalue weighted by atomic mass is 10.2. The predicted molar refractivity (Wildman–Crippen MR) is 90.6 cm³/mol. The molecule has 1 aliphatic heterocycles. The summed E-state index contributed by atoms with van der Waals surface area (Å²) in [6.07, 6.45) is 0. The highest BCUT2D eigenvalue weighted by Crippen LogP contribution is 2.32. The quantitative estimate of drug-likeness (QED) is 0.793. The lowest BCUT2D eigenvalue weighted by Gasteiger charge is -2.15. The Bertz CT molecular complexity index is 933. The predicted octanol–water partition coefficient (Wildman–Crippen LogP) is 1.54. The molecule has 138 valence electrons. The van der Waals surface area contributed by atoms with Crippen LogP contribution < -0.4 is 19.5 Å². The number of amides is 1. The number of carbonyl (C=O) groups is 1. The van der Waals surface area contributed by atoms with Crippen molar-refractivity contribution in [2.45, 2.75) is 24.4 Å². The first-order valence-electron chi connectivity index (χ1n) is 7.80. The van der Waals surface area contributed by atoms with E-state index in [-0.39, 0.29) is 13.3 Å². The molecule has 3 rings (SSSR count). The van der Waals surface area contributed by atoms with Crippen molar-refractivity contribution in [3.63, 3.8) is 0 Å². The van der Waals surface area contributed by atoms with Crippen LogP contribution >= 0.6 is 0 Å². The summed E-state index contributed by atoms with van der Waals surface area (Å²) < 4.78 is 50.7. The van der Waals surface area contributed by atoms with Gasteiger partial charge in [-0.05, 0) is 36.8 Å². The van der Waals surface area contributed by atoms with Crippen molar-refractivity contribution >= 4 is 15.9 Å². The van der Waals surface area contributed by atoms with Gasteiger partial charge in [-0.25, -0.2) is 12.8 Å². The zero-order valence-corrected chi connectivity index (χ0v) is 14.7. The summed E-state index contributed by atoms with van der Waals surface area (Å²) >= 11 is 0. The standard InChI is InChI=1S/C17H17FN2O5S/c1-11(20-26(22,23)16-5-3-2-4-13(16)18)17(21)19-9-12-6-7-14-15(8-12)25-10-24-14/h2-8,11,20H,9-10H2,1H3,(H,19,21)/t11-/m0/s1. The Balaban J connectivity index is 1.60. The summed E-state index contributed by atoms with van der Waals surface area (Å²) in [6.45, 7) is 1.72. The van der Waals surface area contributed by atoms with Crippen LogP contribution in [0.5, 0.6) is 11.5 Å². The number of nitrogens with one attached hydrogen (secondary N) is 2. The molecule has 26 heavy (non-hydrogen) atoms. The van der Waals surface area contributed by atoms with E-state index in [1.165, 1.54) is 19.1 Å². The fourth-order valence-corrected chi connectivity index (χ4v) is 3.69. The van der Waals surface area contributed by atoms with Crippen molar-refractivity contribution in [1.82, 2.24) is 10.0 Å². The fraction of sp³-hybridized carbons (Fsp3) is 0.235. The second kappa shape index (κ2) is 7.30. The fourth-order valence-electron chi connectivity index (χ4n) is 2.41. The smallest absolute Gasteiger partial charge is 0.244 e. The number of carbonyl (C=O) groups excluding carboxylic acids is 1. The summed E-state index contributed by atoms with van der Waals surface area (Å²) in [5.41, 5.74) is 0.770. The summed E-state index contributed by atoms with van der Waals surface area (Å²) in [4.78, 5) is 11.7.